The predicted octanol–water partition coefficient (Wildman–Crippen LogP) is 1.83. The standard InChI is InChI=1S/C15H17N3O2/c1-10(17-11(2)20)12-3-5-13(6-4-12)15-16-8-7-14(9-19)18-15/h3-8,10,19H,9H2,1-2H3,(H,17,20)/t10-/m1/s1. The van der Waals surface area contributed by atoms with Gasteiger partial charge in [-0.3, -0.25) is 4.79 Å². The van der Waals surface area contributed by atoms with Crippen molar-refractivity contribution in [2.24, 2.45) is 0 Å². The monoisotopic (exact) mass is 271 g/mol. The third-order valence-corrected chi connectivity index (χ3v) is 2.96. The molecular weight excluding hydrogens is 254 g/mol. The molecule has 1 heterocycles. The van der Waals surface area contributed by atoms with Crippen LogP contribution in [-0.4, -0.2) is 21.0 Å². The minimum absolute atomic E-state index is 0.0359. The van der Waals surface area contributed by atoms with E-state index in [1.54, 1.807) is 12.3 Å². The van der Waals surface area contributed by atoms with Crippen LogP contribution in [0.15, 0.2) is 36.5 Å². The maximum Gasteiger partial charge on any atom is 0.217 e. The van der Waals surface area contributed by atoms with E-state index in [9.17, 15) is 4.79 Å². The molecule has 1 amide bonds. The summed E-state index contributed by atoms with van der Waals surface area (Å²) in [4.78, 5) is 19.5. The van der Waals surface area contributed by atoms with Crippen LogP contribution in [0.1, 0.15) is 31.1 Å². The highest BCUT2D eigenvalue weighted by Crippen LogP contribution is 2.19. The number of hydrogen-bond donors (Lipinski definition) is 2. The topological polar surface area (TPSA) is 75.1 Å². The summed E-state index contributed by atoms with van der Waals surface area (Å²) >= 11 is 0. The lowest BCUT2D eigenvalue weighted by atomic mass is 10.1. The minimum atomic E-state index is -0.104. The van der Waals surface area contributed by atoms with Gasteiger partial charge in [0.2, 0.25) is 5.91 Å². The zero-order valence-electron chi connectivity index (χ0n) is 11.5. The van der Waals surface area contributed by atoms with Crippen LogP contribution in [0.5, 0.6) is 0 Å². The molecule has 2 aromatic rings. The van der Waals surface area contributed by atoms with Crippen LogP contribution in [0.4, 0.5) is 0 Å². The maximum atomic E-state index is 11.0. The molecule has 0 aliphatic rings. The molecule has 0 spiro atoms. The van der Waals surface area contributed by atoms with E-state index < -0.39 is 0 Å². The Balaban J connectivity index is 2.21. The van der Waals surface area contributed by atoms with Gasteiger partial charge in [0.15, 0.2) is 5.82 Å². The van der Waals surface area contributed by atoms with Gasteiger partial charge in [0.1, 0.15) is 0 Å². The highest BCUT2D eigenvalue weighted by molar-refractivity contribution is 5.73. The van der Waals surface area contributed by atoms with Gasteiger partial charge in [-0.2, -0.15) is 0 Å². The van der Waals surface area contributed by atoms with Crippen LogP contribution in [-0.2, 0) is 11.4 Å². The van der Waals surface area contributed by atoms with Crippen molar-refractivity contribution in [3.63, 3.8) is 0 Å². The molecule has 0 aliphatic heterocycles. The number of aromatic nitrogens is 2. The fourth-order valence-corrected chi connectivity index (χ4v) is 1.93. The van der Waals surface area contributed by atoms with Crippen molar-refractivity contribution in [1.82, 2.24) is 15.3 Å². The molecule has 104 valence electrons. The maximum absolute atomic E-state index is 11.0. The van der Waals surface area contributed by atoms with Crippen molar-refractivity contribution >= 4 is 5.91 Å². The Bertz CT molecular complexity index is 596. The van der Waals surface area contributed by atoms with Crippen LogP contribution < -0.4 is 5.32 Å². The quantitative estimate of drug-likeness (QED) is 0.889. The van der Waals surface area contributed by atoms with Crippen LogP contribution in [0.3, 0.4) is 0 Å². The summed E-state index contributed by atoms with van der Waals surface area (Å²) in [6.45, 7) is 3.32. The smallest absolute Gasteiger partial charge is 0.217 e. The molecule has 0 unspecified atom stereocenters. The van der Waals surface area contributed by atoms with Crippen molar-refractivity contribution in [2.45, 2.75) is 26.5 Å². The predicted molar refractivity (Wildman–Crippen MR) is 75.6 cm³/mol. The SMILES string of the molecule is CC(=O)N[C@H](C)c1ccc(-c2nccc(CO)n2)cc1. The van der Waals surface area contributed by atoms with E-state index in [1.165, 1.54) is 6.92 Å². The van der Waals surface area contributed by atoms with Gasteiger partial charge in [-0.05, 0) is 18.6 Å². The normalized spacial score (nSPS) is 11.9. The fraction of sp³-hybridized carbons (Fsp3) is 0.267. The first-order valence-corrected chi connectivity index (χ1v) is 6.40. The van der Waals surface area contributed by atoms with Gasteiger partial charge in [0, 0.05) is 18.7 Å². The second kappa shape index (κ2) is 6.25. The first-order chi connectivity index (χ1) is 9.60. The lowest BCUT2D eigenvalue weighted by Crippen LogP contribution is -2.23. The summed E-state index contributed by atoms with van der Waals surface area (Å²) in [7, 11) is 0. The molecule has 0 bridgehead atoms. The van der Waals surface area contributed by atoms with Crippen LogP contribution in [0.2, 0.25) is 0 Å². The number of aliphatic hydroxyl groups excluding tert-OH is 1. The number of amides is 1. The zero-order chi connectivity index (χ0) is 14.5. The molecule has 2 rings (SSSR count). The number of benzene rings is 1. The number of nitrogens with one attached hydrogen (secondary N) is 1. The average molecular weight is 271 g/mol. The summed E-state index contributed by atoms with van der Waals surface area (Å²) in [6.07, 6.45) is 1.63. The molecule has 2 N–H and O–H groups in total. The van der Waals surface area contributed by atoms with E-state index in [2.05, 4.69) is 15.3 Å². The number of hydrogen-bond acceptors (Lipinski definition) is 4. The van der Waals surface area contributed by atoms with Crippen LogP contribution >= 0.6 is 0 Å². The van der Waals surface area contributed by atoms with Crippen molar-refractivity contribution < 1.29 is 9.90 Å². The summed E-state index contributed by atoms with van der Waals surface area (Å²) in [5.41, 5.74) is 2.48. The summed E-state index contributed by atoms with van der Waals surface area (Å²) in [5.74, 6) is 0.524. The Morgan fingerprint density at radius 2 is 2.00 bits per heavy atom. The van der Waals surface area contributed by atoms with Crippen molar-refractivity contribution in [3.05, 3.63) is 47.8 Å². The first-order valence-electron chi connectivity index (χ1n) is 6.40. The van der Waals surface area contributed by atoms with Gasteiger partial charge in [-0.1, -0.05) is 24.3 Å². The summed E-state index contributed by atoms with van der Waals surface area (Å²) in [5, 5.41) is 11.9. The first kappa shape index (κ1) is 14.1. The fourth-order valence-electron chi connectivity index (χ4n) is 1.93. The number of aliphatic hydroxyl groups is 1. The summed E-state index contributed by atoms with van der Waals surface area (Å²) < 4.78 is 0. The third-order valence-electron chi connectivity index (χ3n) is 2.96. The third kappa shape index (κ3) is 3.39. The number of carbonyl (C=O) groups excluding carboxylic acids is 1. The van der Waals surface area contributed by atoms with Gasteiger partial charge < -0.3 is 10.4 Å². The molecule has 1 aromatic carbocycles. The zero-order valence-corrected chi connectivity index (χ0v) is 11.5. The Labute approximate surface area is 117 Å². The highest BCUT2D eigenvalue weighted by atomic mass is 16.3. The molecule has 0 saturated carbocycles. The molecule has 20 heavy (non-hydrogen) atoms. The van der Waals surface area contributed by atoms with E-state index in [-0.39, 0.29) is 18.6 Å². The van der Waals surface area contributed by atoms with Crippen LogP contribution in [0.25, 0.3) is 11.4 Å². The average Bonchev–Trinajstić information content (AvgIpc) is 2.47. The highest BCUT2D eigenvalue weighted by Gasteiger charge is 2.08. The van der Waals surface area contributed by atoms with Gasteiger partial charge in [-0.15, -0.1) is 0 Å². The summed E-state index contributed by atoms with van der Waals surface area (Å²) in [6, 6.07) is 9.33. The van der Waals surface area contributed by atoms with Gasteiger partial charge in [-0.25, -0.2) is 9.97 Å². The second-order valence-electron chi connectivity index (χ2n) is 4.57. The van der Waals surface area contributed by atoms with E-state index >= 15 is 0 Å². The molecule has 1 aromatic heterocycles. The minimum Gasteiger partial charge on any atom is -0.390 e. The molecule has 0 fully saturated rings. The lowest BCUT2D eigenvalue weighted by molar-refractivity contribution is -0.119. The van der Waals surface area contributed by atoms with E-state index in [1.807, 2.05) is 31.2 Å². The van der Waals surface area contributed by atoms with Crippen LogP contribution in [0, 0.1) is 0 Å². The number of nitrogens with zero attached hydrogens (tertiary/aromatic N) is 2. The molecule has 0 saturated heterocycles. The Kier molecular flexibility index (Phi) is 4.42. The molecule has 1 atom stereocenters. The number of carbonyl (C=O) groups is 1. The van der Waals surface area contributed by atoms with Gasteiger partial charge in [0.05, 0.1) is 18.3 Å². The van der Waals surface area contributed by atoms with E-state index in [0.717, 1.165) is 11.1 Å². The molecule has 0 aliphatic carbocycles. The largest absolute Gasteiger partial charge is 0.390 e. The second-order valence-corrected chi connectivity index (χ2v) is 4.57. The molecule has 5 heteroatoms. The molecular formula is C15H17N3O2. The van der Waals surface area contributed by atoms with E-state index in [4.69, 9.17) is 5.11 Å². The Morgan fingerprint density at radius 3 is 2.60 bits per heavy atom. The van der Waals surface area contributed by atoms with Gasteiger partial charge >= 0.3 is 0 Å². The molecule has 0 radical (unpaired) electrons. The van der Waals surface area contributed by atoms with Gasteiger partial charge in [0.25, 0.3) is 0 Å². The molecule has 5 nitrogen and oxygen atoms in total. The van der Waals surface area contributed by atoms with E-state index in [0.29, 0.717) is 11.5 Å². The Hall–Kier alpha value is -2.27. The Morgan fingerprint density at radius 1 is 1.30 bits per heavy atom. The lowest BCUT2D eigenvalue weighted by Gasteiger charge is -2.13. The van der Waals surface area contributed by atoms with Crippen molar-refractivity contribution in [1.29, 1.82) is 0 Å². The van der Waals surface area contributed by atoms with Crippen molar-refractivity contribution in [2.75, 3.05) is 0 Å². The van der Waals surface area contributed by atoms with Crippen molar-refractivity contribution in [3.8, 4) is 11.4 Å². The number of rotatable bonds is 4.